The molecule has 2 fully saturated rings. The van der Waals surface area contributed by atoms with Crippen molar-refractivity contribution in [2.24, 2.45) is 0 Å². The second-order valence-electron chi connectivity index (χ2n) is 8.91. The van der Waals surface area contributed by atoms with Gasteiger partial charge in [0.25, 0.3) is 0 Å². The smallest absolute Gasteiger partial charge is 0.246 e. The molecule has 0 aromatic heterocycles. The van der Waals surface area contributed by atoms with Crippen molar-refractivity contribution in [3.8, 4) is 0 Å². The van der Waals surface area contributed by atoms with Crippen LogP contribution in [0.5, 0.6) is 0 Å². The van der Waals surface area contributed by atoms with Gasteiger partial charge in [0.1, 0.15) is 0 Å². The van der Waals surface area contributed by atoms with Gasteiger partial charge in [-0.3, -0.25) is 9.69 Å². The molecule has 1 unspecified atom stereocenters. The lowest BCUT2D eigenvalue weighted by molar-refractivity contribution is -0.126. The summed E-state index contributed by atoms with van der Waals surface area (Å²) in [6, 6.07) is 9.40. The molecular formula is C26H35N3O. The van der Waals surface area contributed by atoms with Crippen LogP contribution < -0.4 is 4.90 Å². The van der Waals surface area contributed by atoms with Crippen LogP contribution in [-0.4, -0.2) is 55.5 Å². The van der Waals surface area contributed by atoms with E-state index in [0.717, 1.165) is 44.8 Å². The Kier molecular flexibility index (Phi) is 6.14. The number of anilines is 1. The summed E-state index contributed by atoms with van der Waals surface area (Å²) in [5, 5.41) is 0. The third kappa shape index (κ3) is 4.11. The number of benzene rings is 1. The number of carbonyl (C=O) groups is 1. The number of likely N-dealkylation sites (tertiary alicyclic amines) is 1. The molecule has 4 nitrogen and oxygen atoms in total. The second kappa shape index (κ2) is 8.81. The fourth-order valence-corrected chi connectivity index (χ4v) is 4.98. The van der Waals surface area contributed by atoms with E-state index >= 15 is 0 Å². The zero-order chi connectivity index (χ0) is 21.3. The Hall–Kier alpha value is -2.33. The molecule has 1 atom stereocenters. The van der Waals surface area contributed by atoms with Gasteiger partial charge in [0.2, 0.25) is 5.91 Å². The third-order valence-electron chi connectivity index (χ3n) is 6.94. The summed E-state index contributed by atoms with van der Waals surface area (Å²) in [6.45, 7) is 8.41. The third-order valence-corrected chi connectivity index (χ3v) is 6.94. The molecule has 0 bridgehead atoms. The second-order valence-corrected chi connectivity index (χ2v) is 8.91. The maximum Gasteiger partial charge on any atom is 0.246 e. The molecule has 1 aliphatic carbocycles. The Balaban J connectivity index is 1.72. The lowest BCUT2D eigenvalue weighted by atomic mass is 9.89. The van der Waals surface area contributed by atoms with E-state index in [4.69, 9.17) is 0 Å². The largest absolute Gasteiger partial charge is 0.348 e. The van der Waals surface area contributed by atoms with Crippen LogP contribution in [0.3, 0.4) is 0 Å². The lowest BCUT2D eigenvalue weighted by Gasteiger charge is -2.40. The minimum atomic E-state index is 0.0386. The van der Waals surface area contributed by atoms with E-state index in [1.807, 2.05) is 4.90 Å². The highest BCUT2D eigenvalue weighted by Crippen LogP contribution is 2.41. The van der Waals surface area contributed by atoms with Crippen molar-refractivity contribution in [2.75, 3.05) is 38.6 Å². The first kappa shape index (κ1) is 20.9. The van der Waals surface area contributed by atoms with Gasteiger partial charge < -0.3 is 9.80 Å². The zero-order valence-corrected chi connectivity index (χ0v) is 18.7. The van der Waals surface area contributed by atoms with E-state index in [-0.39, 0.29) is 11.9 Å². The van der Waals surface area contributed by atoms with Gasteiger partial charge in [0.05, 0.1) is 6.04 Å². The van der Waals surface area contributed by atoms with Crippen LogP contribution in [0.25, 0.3) is 0 Å². The molecule has 4 heteroatoms. The first-order valence-electron chi connectivity index (χ1n) is 11.4. The van der Waals surface area contributed by atoms with Crippen molar-refractivity contribution in [3.05, 3.63) is 65.4 Å². The van der Waals surface area contributed by atoms with Crippen molar-refractivity contribution >= 4 is 11.6 Å². The Morgan fingerprint density at radius 2 is 1.93 bits per heavy atom. The lowest BCUT2D eigenvalue weighted by Crippen LogP contribution is -2.47. The topological polar surface area (TPSA) is 26.8 Å². The highest BCUT2D eigenvalue weighted by Gasteiger charge is 2.35. The van der Waals surface area contributed by atoms with Crippen LogP contribution in [0, 0.1) is 0 Å². The van der Waals surface area contributed by atoms with Gasteiger partial charge in [0.15, 0.2) is 0 Å². The molecule has 4 rings (SSSR count). The van der Waals surface area contributed by atoms with E-state index < -0.39 is 0 Å². The van der Waals surface area contributed by atoms with E-state index in [1.54, 1.807) is 0 Å². The summed E-state index contributed by atoms with van der Waals surface area (Å²) in [7, 11) is 4.40. The van der Waals surface area contributed by atoms with Crippen molar-refractivity contribution in [1.29, 1.82) is 0 Å². The van der Waals surface area contributed by atoms with Gasteiger partial charge in [-0.05, 0) is 73.6 Å². The number of rotatable bonds is 5. The van der Waals surface area contributed by atoms with Gasteiger partial charge in [-0.2, -0.15) is 0 Å². The molecule has 2 heterocycles. The SMILES string of the molecule is C=CC(=O)N1CC/C(=C\CC)C2=C(N(C)c3ccc(C4CC4)cc3)CCN(C)C2C1. The number of nitrogens with zero attached hydrogens (tertiary/aromatic N) is 3. The Bertz CT molecular complexity index is 863. The molecule has 1 saturated heterocycles. The van der Waals surface area contributed by atoms with Gasteiger partial charge >= 0.3 is 0 Å². The van der Waals surface area contributed by atoms with E-state index in [0.29, 0.717) is 0 Å². The summed E-state index contributed by atoms with van der Waals surface area (Å²) in [5.74, 6) is 0.824. The summed E-state index contributed by atoms with van der Waals surface area (Å²) in [5.41, 5.74) is 6.98. The van der Waals surface area contributed by atoms with Crippen LogP contribution >= 0.6 is 0 Å². The Morgan fingerprint density at radius 1 is 1.20 bits per heavy atom. The number of allylic oxidation sites excluding steroid dienone is 1. The highest BCUT2D eigenvalue weighted by atomic mass is 16.2. The molecule has 1 amide bonds. The summed E-state index contributed by atoms with van der Waals surface area (Å²) in [6.07, 6.45) is 9.44. The van der Waals surface area contributed by atoms with E-state index in [2.05, 4.69) is 67.7 Å². The number of fused-ring (bicyclic) bond motifs is 1. The minimum absolute atomic E-state index is 0.0386. The minimum Gasteiger partial charge on any atom is -0.348 e. The van der Waals surface area contributed by atoms with E-state index in [1.165, 1.54) is 47.0 Å². The van der Waals surface area contributed by atoms with Crippen molar-refractivity contribution in [2.45, 2.75) is 51.0 Å². The van der Waals surface area contributed by atoms with Gasteiger partial charge in [-0.1, -0.05) is 31.7 Å². The molecule has 1 saturated carbocycles. The quantitative estimate of drug-likeness (QED) is 0.664. The maximum absolute atomic E-state index is 12.4. The van der Waals surface area contributed by atoms with Crippen LogP contribution in [0.15, 0.2) is 59.8 Å². The normalized spacial score (nSPS) is 23.9. The summed E-state index contributed by atoms with van der Waals surface area (Å²) >= 11 is 0. The first-order chi connectivity index (χ1) is 14.5. The van der Waals surface area contributed by atoms with Crippen molar-refractivity contribution in [1.82, 2.24) is 9.80 Å². The number of hydrogen-bond acceptors (Lipinski definition) is 3. The van der Waals surface area contributed by atoms with Crippen LogP contribution in [0.4, 0.5) is 5.69 Å². The predicted octanol–water partition coefficient (Wildman–Crippen LogP) is 4.71. The number of hydrogen-bond donors (Lipinski definition) is 0. The molecule has 3 aliphatic rings. The Labute approximate surface area is 181 Å². The summed E-state index contributed by atoms with van der Waals surface area (Å²) in [4.78, 5) is 19.2. The average Bonchev–Trinajstić information content (AvgIpc) is 3.61. The molecule has 0 spiro atoms. The first-order valence-corrected chi connectivity index (χ1v) is 11.4. The van der Waals surface area contributed by atoms with Crippen LogP contribution in [0.1, 0.15) is 50.5 Å². The number of likely N-dealkylation sites (N-methyl/N-ethyl adjacent to an activating group) is 1. The molecular weight excluding hydrogens is 370 g/mol. The fraction of sp³-hybridized carbons (Fsp3) is 0.500. The van der Waals surface area contributed by atoms with Gasteiger partial charge in [-0.15, -0.1) is 0 Å². The van der Waals surface area contributed by atoms with Gasteiger partial charge in [0, 0.05) is 44.5 Å². The van der Waals surface area contributed by atoms with E-state index in [9.17, 15) is 4.79 Å². The molecule has 1 aromatic rings. The predicted molar refractivity (Wildman–Crippen MR) is 125 cm³/mol. The molecule has 160 valence electrons. The Morgan fingerprint density at radius 3 is 2.57 bits per heavy atom. The molecule has 2 aliphatic heterocycles. The molecule has 30 heavy (non-hydrogen) atoms. The van der Waals surface area contributed by atoms with Crippen molar-refractivity contribution in [3.63, 3.8) is 0 Å². The summed E-state index contributed by atoms with van der Waals surface area (Å²) < 4.78 is 0. The van der Waals surface area contributed by atoms with Crippen LogP contribution in [0.2, 0.25) is 0 Å². The number of amides is 1. The highest BCUT2D eigenvalue weighted by molar-refractivity contribution is 5.87. The average molecular weight is 406 g/mol. The monoisotopic (exact) mass is 405 g/mol. The maximum atomic E-state index is 12.4. The molecule has 1 aromatic carbocycles. The number of carbonyl (C=O) groups excluding carboxylic acids is 1. The molecule has 0 radical (unpaired) electrons. The van der Waals surface area contributed by atoms with Crippen LogP contribution in [-0.2, 0) is 4.79 Å². The van der Waals surface area contributed by atoms with Gasteiger partial charge in [-0.25, -0.2) is 0 Å². The molecule has 0 N–H and O–H groups in total. The fourth-order valence-electron chi connectivity index (χ4n) is 4.98. The zero-order valence-electron chi connectivity index (χ0n) is 18.7. The standard InChI is InChI=1S/C26H35N3O/c1-5-7-21-14-17-29(25(30)6-2)18-24-26(21)23(15-16-27(24)3)28(4)22-12-10-20(11-13-22)19-8-9-19/h6-7,10-13,19,24H,2,5,8-9,14-18H2,1,3-4H3/b21-7+. The van der Waals surface area contributed by atoms with Crippen molar-refractivity contribution < 1.29 is 4.79 Å².